The molecule has 2 unspecified atom stereocenters. The fourth-order valence-corrected chi connectivity index (χ4v) is 1.16. The Morgan fingerprint density at radius 1 is 1.53 bits per heavy atom. The smallest absolute Gasteiger partial charge is 0.237 e. The van der Waals surface area contributed by atoms with E-state index in [1.807, 2.05) is 0 Å². The molecule has 0 spiro atoms. The Hall–Kier alpha value is -1.63. The first-order valence-corrected chi connectivity index (χ1v) is 5.52. The van der Waals surface area contributed by atoms with Crippen molar-refractivity contribution in [2.24, 2.45) is 5.73 Å². The molecule has 0 saturated heterocycles. The van der Waals surface area contributed by atoms with Crippen LogP contribution in [0.2, 0.25) is 0 Å². The first-order chi connectivity index (χ1) is 8.01. The summed E-state index contributed by atoms with van der Waals surface area (Å²) in [4.78, 5) is 22.2. The molecule has 17 heavy (non-hydrogen) atoms. The zero-order valence-electron chi connectivity index (χ0n) is 10.2. The summed E-state index contributed by atoms with van der Waals surface area (Å²) in [7, 11) is 1.68. The SMILES string of the molecule is CNC(C)C(=O)NC(C=O)CCCNC(=N)N. The molecule has 7 heteroatoms. The van der Waals surface area contributed by atoms with Gasteiger partial charge in [0.2, 0.25) is 5.91 Å². The number of guanidine groups is 1. The lowest BCUT2D eigenvalue weighted by Crippen LogP contribution is -2.46. The molecular formula is C10H21N5O2. The lowest BCUT2D eigenvalue weighted by molar-refractivity contribution is -0.125. The summed E-state index contributed by atoms with van der Waals surface area (Å²) >= 11 is 0. The maximum atomic E-state index is 11.5. The van der Waals surface area contributed by atoms with E-state index < -0.39 is 6.04 Å². The van der Waals surface area contributed by atoms with E-state index in [9.17, 15) is 9.59 Å². The highest BCUT2D eigenvalue weighted by atomic mass is 16.2. The van der Waals surface area contributed by atoms with Gasteiger partial charge in [-0.2, -0.15) is 0 Å². The van der Waals surface area contributed by atoms with E-state index in [-0.39, 0.29) is 17.9 Å². The molecule has 0 heterocycles. The van der Waals surface area contributed by atoms with Gasteiger partial charge in [-0.05, 0) is 26.8 Å². The third-order valence-electron chi connectivity index (χ3n) is 2.33. The minimum atomic E-state index is -0.493. The van der Waals surface area contributed by atoms with Gasteiger partial charge in [0.1, 0.15) is 6.29 Å². The van der Waals surface area contributed by atoms with Crippen molar-refractivity contribution in [2.75, 3.05) is 13.6 Å². The molecule has 0 radical (unpaired) electrons. The molecule has 0 fully saturated rings. The molecule has 6 N–H and O–H groups in total. The second kappa shape index (κ2) is 8.51. The van der Waals surface area contributed by atoms with Crippen molar-refractivity contribution in [1.82, 2.24) is 16.0 Å². The molecule has 0 aromatic rings. The zero-order valence-corrected chi connectivity index (χ0v) is 10.2. The second-order valence-corrected chi connectivity index (χ2v) is 3.74. The topological polar surface area (TPSA) is 120 Å². The van der Waals surface area contributed by atoms with Gasteiger partial charge in [0, 0.05) is 6.54 Å². The molecule has 0 aliphatic rings. The molecule has 1 amide bonds. The number of aldehydes is 1. The Labute approximate surface area is 101 Å². The zero-order chi connectivity index (χ0) is 13.3. The van der Waals surface area contributed by atoms with Crippen LogP contribution < -0.4 is 21.7 Å². The molecule has 0 aromatic carbocycles. The third kappa shape index (κ3) is 7.29. The first kappa shape index (κ1) is 15.4. The van der Waals surface area contributed by atoms with Crippen LogP contribution in [-0.2, 0) is 9.59 Å². The van der Waals surface area contributed by atoms with Crippen LogP contribution in [0, 0.1) is 5.41 Å². The Morgan fingerprint density at radius 3 is 2.65 bits per heavy atom. The van der Waals surface area contributed by atoms with E-state index >= 15 is 0 Å². The molecule has 0 rings (SSSR count). The number of nitrogens with two attached hydrogens (primary N) is 1. The fraction of sp³-hybridized carbons (Fsp3) is 0.700. The predicted molar refractivity (Wildman–Crippen MR) is 65.7 cm³/mol. The summed E-state index contributed by atoms with van der Waals surface area (Å²) in [5.41, 5.74) is 5.10. The van der Waals surface area contributed by atoms with Gasteiger partial charge in [0.15, 0.2) is 5.96 Å². The average Bonchev–Trinajstić information content (AvgIpc) is 2.31. The quantitative estimate of drug-likeness (QED) is 0.154. The normalized spacial score (nSPS) is 13.5. The number of hydrogen-bond acceptors (Lipinski definition) is 4. The predicted octanol–water partition coefficient (Wildman–Crippen LogP) is -1.46. The van der Waals surface area contributed by atoms with Crippen molar-refractivity contribution < 1.29 is 9.59 Å². The van der Waals surface area contributed by atoms with Gasteiger partial charge in [-0.3, -0.25) is 10.2 Å². The van der Waals surface area contributed by atoms with Crippen LogP contribution in [0.15, 0.2) is 0 Å². The molecule has 0 aromatic heterocycles. The summed E-state index contributed by atoms with van der Waals surface area (Å²) in [6.45, 7) is 2.23. The van der Waals surface area contributed by atoms with Crippen LogP contribution in [0.25, 0.3) is 0 Å². The summed E-state index contributed by atoms with van der Waals surface area (Å²) in [6.07, 6.45) is 1.89. The van der Waals surface area contributed by atoms with Crippen LogP contribution in [0.3, 0.4) is 0 Å². The number of hydrogen-bond donors (Lipinski definition) is 5. The fourth-order valence-electron chi connectivity index (χ4n) is 1.16. The maximum Gasteiger partial charge on any atom is 0.237 e. The summed E-state index contributed by atoms with van der Waals surface area (Å²) in [6, 6.07) is -0.820. The number of rotatable bonds is 8. The van der Waals surface area contributed by atoms with Crippen molar-refractivity contribution in [2.45, 2.75) is 31.8 Å². The average molecular weight is 243 g/mol. The molecule has 98 valence electrons. The number of carbonyl (C=O) groups is 2. The van der Waals surface area contributed by atoms with Crippen molar-refractivity contribution in [3.05, 3.63) is 0 Å². The lowest BCUT2D eigenvalue weighted by atomic mass is 10.1. The van der Waals surface area contributed by atoms with Crippen molar-refractivity contribution in [3.8, 4) is 0 Å². The van der Waals surface area contributed by atoms with Crippen LogP contribution in [-0.4, -0.2) is 43.8 Å². The molecule has 0 aliphatic heterocycles. The van der Waals surface area contributed by atoms with Crippen LogP contribution >= 0.6 is 0 Å². The Kier molecular flexibility index (Phi) is 7.70. The molecule has 0 saturated carbocycles. The minimum absolute atomic E-state index is 0.0968. The lowest BCUT2D eigenvalue weighted by Gasteiger charge is -2.16. The van der Waals surface area contributed by atoms with Gasteiger partial charge < -0.3 is 26.5 Å². The maximum absolute atomic E-state index is 11.5. The Bertz CT molecular complexity index is 269. The summed E-state index contributed by atoms with van der Waals surface area (Å²) in [5, 5.41) is 15.0. The van der Waals surface area contributed by atoms with E-state index in [4.69, 9.17) is 11.1 Å². The van der Waals surface area contributed by atoms with Crippen molar-refractivity contribution in [1.29, 1.82) is 5.41 Å². The number of amides is 1. The van der Waals surface area contributed by atoms with E-state index in [0.29, 0.717) is 25.7 Å². The number of nitrogens with one attached hydrogen (secondary N) is 4. The number of likely N-dealkylation sites (N-methyl/N-ethyl adjacent to an activating group) is 1. The number of carbonyl (C=O) groups excluding carboxylic acids is 2. The standard InChI is InChI=1S/C10H21N5O2/c1-7(13-2)9(17)15-8(6-16)4-3-5-14-10(11)12/h6-8,13H,3-5H2,1-2H3,(H,15,17)(H4,11,12,14). The van der Waals surface area contributed by atoms with Gasteiger partial charge in [-0.25, -0.2) is 0 Å². The Morgan fingerprint density at radius 2 is 2.18 bits per heavy atom. The first-order valence-electron chi connectivity index (χ1n) is 5.52. The highest BCUT2D eigenvalue weighted by Crippen LogP contribution is 1.94. The summed E-state index contributed by atoms with van der Waals surface area (Å²) in [5.74, 6) is -0.301. The van der Waals surface area contributed by atoms with Crippen LogP contribution in [0.1, 0.15) is 19.8 Å². The van der Waals surface area contributed by atoms with Crippen molar-refractivity contribution in [3.63, 3.8) is 0 Å². The largest absolute Gasteiger partial charge is 0.370 e. The van der Waals surface area contributed by atoms with Crippen LogP contribution in [0.4, 0.5) is 0 Å². The molecular weight excluding hydrogens is 222 g/mol. The van der Waals surface area contributed by atoms with E-state index in [1.54, 1.807) is 14.0 Å². The molecule has 2 atom stereocenters. The van der Waals surface area contributed by atoms with Gasteiger partial charge in [0.25, 0.3) is 0 Å². The van der Waals surface area contributed by atoms with Crippen LogP contribution in [0.5, 0.6) is 0 Å². The van der Waals surface area contributed by atoms with Gasteiger partial charge >= 0.3 is 0 Å². The highest BCUT2D eigenvalue weighted by molar-refractivity contribution is 5.83. The van der Waals surface area contributed by atoms with Gasteiger partial charge in [0.05, 0.1) is 12.1 Å². The Balaban J connectivity index is 3.87. The minimum Gasteiger partial charge on any atom is -0.370 e. The van der Waals surface area contributed by atoms with E-state index in [0.717, 1.165) is 0 Å². The van der Waals surface area contributed by atoms with Crippen molar-refractivity contribution >= 4 is 18.2 Å². The van der Waals surface area contributed by atoms with Gasteiger partial charge in [-0.15, -0.1) is 0 Å². The molecule has 0 bridgehead atoms. The third-order valence-corrected chi connectivity index (χ3v) is 2.33. The molecule has 7 nitrogen and oxygen atoms in total. The van der Waals surface area contributed by atoms with E-state index in [1.165, 1.54) is 0 Å². The highest BCUT2D eigenvalue weighted by Gasteiger charge is 2.15. The molecule has 0 aliphatic carbocycles. The monoisotopic (exact) mass is 243 g/mol. The van der Waals surface area contributed by atoms with E-state index in [2.05, 4.69) is 16.0 Å². The second-order valence-electron chi connectivity index (χ2n) is 3.74. The van der Waals surface area contributed by atoms with Gasteiger partial charge in [-0.1, -0.05) is 0 Å². The summed E-state index contributed by atoms with van der Waals surface area (Å²) < 4.78 is 0.